The number of nitrogens with zero attached hydrogens (tertiary/aromatic N) is 2. The number of ether oxygens (including phenoxy) is 1. The summed E-state index contributed by atoms with van der Waals surface area (Å²) in [6, 6.07) is 11.1. The molecule has 0 aliphatic carbocycles. The van der Waals surface area contributed by atoms with Crippen molar-refractivity contribution in [1.29, 1.82) is 0 Å². The van der Waals surface area contributed by atoms with Crippen LogP contribution in [0, 0.1) is 5.82 Å². The van der Waals surface area contributed by atoms with E-state index in [1.165, 1.54) is 19.1 Å². The van der Waals surface area contributed by atoms with Crippen LogP contribution < -0.4 is 15.4 Å². The van der Waals surface area contributed by atoms with Crippen LogP contribution in [0.4, 0.5) is 10.2 Å². The van der Waals surface area contributed by atoms with Crippen LogP contribution in [0.3, 0.4) is 0 Å². The van der Waals surface area contributed by atoms with Crippen LogP contribution in [0.5, 0.6) is 5.75 Å². The largest absolute Gasteiger partial charge is 0.490 e. The van der Waals surface area contributed by atoms with Crippen LogP contribution in [-0.2, 0) is 9.59 Å². The number of fused-ring (bicyclic) bond motifs is 1. The van der Waals surface area contributed by atoms with E-state index in [0.717, 1.165) is 0 Å². The topological polar surface area (TPSA) is 85.3 Å². The van der Waals surface area contributed by atoms with Gasteiger partial charge >= 0.3 is 0 Å². The SMILES string of the molecule is CC(=O)N[C@H](C)CC(=O)Nc1nn(-c2ccc(F)cc2)c2cccc(OC(C)C)c12. The molecule has 0 aliphatic rings. The molecule has 2 N–H and O–H groups in total. The van der Waals surface area contributed by atoms with Gasteiger partial charge in [-0.05, 0) is 57.2 Å². The van der Waals surface area contributed by atoms with E-state index in [4.69, 9.17) is 4.74 Å². The number of aromatic nitrogens is 2. The molecule has 3 aromatic rings. The van der Waals surface area contributed by atoms with Gasteiger partial charge in [0.25, 0.3) is 0 Å². The highest BCUT2D eigenvalue weighted by Crippen LogP contribution is 2.34. The molecule has 0 unspecified atom stereocenters. The predicted molar refractivity (Wildman–Crippen MR) is 113 cm³/mol. The van der Waals surface area contributed by atoms with Crippen molar-refractivity contribution < 1.29 is 18.7 Å². The average molecular weight is 412 g/mol. The van der Waals surface area contributed by atoms with Gasteiger partial charge in [-0.15, -0.1) is 5.10 Å². The third-order valence-corrected chi connectivity index (χ3v) is 4.30. The number of rotatable bonds is 7. The van der Waals surface area contributed by atoms with Gasteiger partial charge in [0.05, 0.1) is 22.7 Å². The summed E-state index contributed by atoms with van der Waals surface area (Å²) in [5, 5.41) is 10.7. The van der Waals surface area contributed by atoms with Crippen LogP contribution >= 0.6 is 0 Å². The summed E-state index contributed by atoms with van der Waals surface area (Å²) in [5.74, 6) is 0.0846. The predicted octanol–water partition coefficient (Wildman–Crippen LogP) is 3.81. The Morgan fingerprint density at radius 2 is 1.83 bits per heavy atom. The minimum Gasteiger partial charge on any atom is -0.490 e. The summed E-state index contributed by atoms with van der Waals surface area (Å²) < 4.78 is 20.9. The van der Waals surface area contributed by atoms with Gasteiger partial charge in [0.2, 0.25) is 11.8 Å². The van der Waals surface area contributed by atoms with Gasteiger partial charge in [-0.25, -0.2) is 9.07 Å². The zero-order chi connectivity index (χ0) is 21.8. The molecule has 0 bridgehead atoms. The molecule has 2 amide bonds. The highest BCUT2D eigenvalue weighted by Gasteiger charge is 2.20. The molecule has 3 rings (SSSR count). The fourth-order valence-corrected chi connectivity index (χ4v) is 3.22. The van der Waals surface area contributed by atoms with Crippen molar-refractivity contribution >= 4 is 28.5 Å². The van der Waals surface area contributed by atoms with Crippen LogP contribution in [0.2, 0.25) is 0 Å². The highest BCUT2D eigenvalue weighted by molar-refractivity contribution is 6.03. The van der Waals surface area contributed by atoms with E-state index in [0.29, 0.717) is 28.2 Å². The Morgan fingerprint density at radius 1 is 1.13 bits per heavy atom. The maximum Gasteiger partial charge on any atom is 0.227 e. The second-order valence-corrected chi connectivity index (χ2v) is 7.41. The molecule has 0 fully saturated rings. The first-order valence-electron chi connectivity index (χ1n) is 9.76. The first kappa shape index (κ1) is 21.3. The lowest BCUT2D eigenvalue weighted by molar-refractivity contribution is -0.120. The quantitative estimate of drug-likeness (QED) is 0.618. The number of halogens is 1. The van der Waals surface area contributed by atoms with Crippen LogP contribution in [0.15, 0.2) is 42.5 Å². The number of hydrogen-bond donors (Lipinski definition) is 2. The normalized spacial score (nSPS) is 12.1. The van der Waals surface area contributed by atoms with Gasteiger partial charge in [-0.2, -0.15) is 0 Å². The first-order valence-corrected chi connectivity index (χ1v) is 9.76. The molecule has 2 aromatic carbocycles. The smallest absolute Gasteiger partial charge is 0.227 e. The maximum atomic E-state index is 13.4. The monoisotopic (exact) mass is 412 g/mol. The van der Waals surface area contributed by atoms with E-state index >= 15 is 0 Å². The molecular weight excluding hydrogens is 387 g/mol. The van der Waals surface area contributed by atoms with Crippen LogP contribution in [0.1, 0.15) is 34.1 Å². The molecular formula is C22H25FN4O3. The van der Waals surface area contributed by atoms with Gasteiger partial charge in [0.15, 0.2) is 5.82 Å². The van der Waals surface area contributed by atoms with E-state index in [1.54, 1.807) is 23.7 Å². The van der Waals surface area contributed by atoms with Crippen molar-refractivity contribution in [2.75, 3.05) is 5.32 Å². The summed E-state index contributed by atoms with van der Waals surface area (Å²) in [7, 11) is 0. The molecule has 1 aromatic heterocycles. The van der Waals surface area contributed by atoms with Crippen molar-refractivity contribution in [3.63, 3.8) is 0 Å². The number of carbonyl (C=O) groups excluding carboxylic acids is 2. The molecule has 0 radical (unpaired) electrons. The Hall–Kier alpha value is -3.42. The third-order valence-electron chi connectivity index (χ3n) is 4.30. The second kappa shape index (κ2) is 8.94. The summed E-state index contributed by atoms with van der Waals surface area (Å²) in [4.78, 5) is 23.8. The summed E-state index contributed by atoms with van der Waals surface area (Å²) >= 11 is 0. The molecule has 8 heteroatoms. The van der Waals surface area contributed by atoms with Gasteiger partial charge in [0.1, 0.15) is 11.6 Å². The van der Waals surface area contributed by atoms with Gasteiger partial charge in [0, 0.05) is 19.4 Å². The second-order valence-electron chi connectivity index (χ2n) is 7.41. The number of nitrogens with one attached hydrogen (secondary N) is 2. The molecule has 158 valence electrons. The number of benzene rings is 2. The maximum absolute atomic E-state index is 13.4. The minimum absolute atomic E-state index is 0.0758. The molecule has 30 heavy (non-hydrogen) atoms. The average Bonchev–Trinajstić information content (AvgIpc) is 3.00. The summed E-state index contributed by atoms with van der Waals surface area (Å²) in [6.07, 6.45) is 0.0191. The first-order chi connectivity index (χ1) is 14.2. The van der Waals surface area contributed by atoms with Crippen molar-refractivity contribution in [2.45, 2.75) is 46.3 Å². The van der Waals surface area contributed by atoms with E-state index in [-0.39, 0.29) is 36.2 Å². The minimum atomic E-state index is -0.348. The van der Waals surface area contributed by atoms with Gasteiger partial charge in [-0.1, -0.05) is 6.07 Å². The molecule has 7 nitrogen and oxygen atoms in total. The Morgan fingerprint density at radius 3 is 2.47 bits per heavy atom. The zero-order valence-electron chi connectivity index (χ0n) is 17.4. The summed E-state index contributed by atoms with van der Waals surface area (Å²) in [5.41, 5.74) is 1.36. The zero-order valence-corrected chi connectivity index (χ0v) is 17.4. The lowest BCUT2D eigenvalue weighted by Gasteiger charge is -2.13. The molecule has 1 atom stereocenters. The Balaban J connectivity index is 2.02. The van der Waals surface area contributed by atoms with Gasteiger partial charge < -0.3 is 15.4 Å². The van der Waals surface area contributed by atoms with E-state index < -0.39 is 0 Å². The van der Waals surface area contributed by atoms with Crippen molar-refractivity contribution in [1.82, 2.24) is 15.1 Å². The van der Waals surface area contributed by atoms with Gasteiger partial charge in [-0.3, -0.25) is 9.59 Å². The Kier molecular flexibility index (Phi) is 6.34. The lowest BCUT2D eigenvalue weighted by atomic mass is 10.2. The van der Waals surface area contributed by atoms with Crippen molar-refractivity contribution in [3.8, 4) is 11.4 Å². The molecule has 1 heterocycles. The molecule has 0 saturated heterocycles. The molecule has 0 saturated carbocycles. The van der Waals surface area contributed by atoms with Crippen LogP contribution in [-0.4, -0.2) is 33.7 Å². The Bertz CT molecular complexity index is 1060. The number of anilines is 1. The number of hydrogen-bond acceptors (Lipinski definition) is 4. The van der Waals surface area contributed by atoms with Crippen molar-refractivity contribution in [3.05, 3.63) is 48.3 Å². The summed E-state index contributed by atoms with van der Waals surface area (Å²) in [6.45, 7) is 6.98. The van der Waals surface area contributed by atoms with E-state index in [2.05, 4.69) is 15.7 Å². The fraction of sp³-hybridized carbons (Fsp3) is 0.318. The van der Waals surface area contributed by atoms with E-state index in [1.807, 2.05) is 32.0 Å². The number of carbonyl (C=O) groups is 2. The van der Waals surface area contributed by atoms with Crippen molar-refractivity contribution in [2.24, 2.45) is 0 Å². The molecule has 0 aliphatic heterocycles. The fourth-order valence-electron chi connectivity index (χ4n) is 3.22. The third kappa shape index (κ3) is 4.94. The highest BCUT2D eigenvalue weighted by atomic mass is 19.1. The number of amides is 2. The Labute approximate surface area is 174 Å². The lowest BCUT2D eigenvalue weighted by Crippen LogP contribution is -2.33. The van der Waals surface area contributed by atoms with E-state index in [9.17, 15) is 14.0 Å². The molecule has 0 spiro atoms. The standard InChI is InChI=1S/C22H25FN4O3/c1-13(2)30-19-7-5-6-18-21(19)22(25-20(29)12-14(3)24-15(4)28)26-27(18)17-10-8-16(23)9-11-17/h5-11,13-14H,12H2,1-4H3,(H,24,28)(H,25,26,29)/t14-/m1/s1. The van der Waals surface area contributed by atoms with Crippen LogP contribution in [0.25, 0.3) is 16.6 Å².